The van der Waals surface area contributed by atoms with Gasteiger partial charge in [0.1, 0.15) is 0 Å². The van der Waals surface area contributed by atoms with E-state index >= 15 is 0 Å². The van der Waals surface area contributed by atoms with Crippen molar-refractivity contribution in [2.24, 2.45) is 5.92 Å². The van der Waals surface area contributed by atoms with E-state index in [-0.39, 0.29) is 12.8 Å². The molecule has 1 N–H and O–H groups in total. The molecule has 0 unspecified atom stereocenters. The van der Waals surface area contributed by atoms with Gasteiger partial charge in [-0.3, -0.25) is 0 Å². The first-order valence-electron chi connectivity index (χ1n) is 8.03. The Morgan fingerprint density at radius 2 is 1.92 bits per heavy atom. The lowest BCUT2D eigenvalue weighted by Crippen LogP contribution is -2.29. The molecule has 2 heterocycles. The average Bonchev–Trinajstić information content (AvgIpc) is 3.25. The minimum Gasteiger partial charge on any atom is -0.454 e. The number of benzene rings is 2. The van der Waals surface area contributed by atoms with Gasteiger partial charge in [-0.2, -0.15) is 0 Å². The Morgan fingerprint density at radius 1 is 1.04 bits per heavy atom. The van der Waals surface area contributed by atoms with Crippen LogP contribution in [0.15, 0.2) is 42.5 Å². The third-order valence-corrected chi connectivity index (χ3v) is 5.99. The van der Waals surface area contributed by atoms with Crippen LogP contribution in [0.3, 0.4) is 0 Å². The van der Waals surface area contributed by atoms with Crippen LogP contribution in [-0.4, -0.2) is 6.79 Å². The van der Waals surface area contributed by atoms with Gasteiger partial charge in [0.15, 0.2) is 11.5 Å². The molecule has 0 saturated heterocycles. The van der Waals surface area contributed by atoms with Crippen LogP contribution >= 0.6 is 23.2 Å². The van der Waals surface area contributed by atoms with Gasteiger partial charge < -0.3 is 14.8 Å². The molecule has 0 radical (unpaired) electrons. The zero-order chi connectivity index (χ0) is 16.3. The molecule has 0 saturated carbocycles. The second-order valence-electron chi connectivity index (χ2n) is 6.41. The molecular formula is C19H15Cl2NO2. The minimum absolute atomic E-state index is 0.156. The summed E-state index contributed by atoms with van der Waals surface area (Å²) in [4.78, 5) is 0. The Labute approximate surface area is 150 Å². The fourth-order valence-electron chi connectivity index (χ4n) is 4.04. The third-order valence-electron chi connectivity index (χ3n) is 5.18. The summed E-state index contributed by atoms with van der Waals surface area (Å²) in [6.45, 7) is 0.286. The first-order valence-corrected chi connectivity index (χ1v) is 8.78. The number of allylic oxidation sites excluding steroid dienone is 2. The molecule has 1 aliphatic carbocycles. The van der Waals surface area contributed by atoms with E-state index in [1.165, 1.54) is 11.1 Å². The van der Waals surface area contributed by atoms with E-state index in [9.17, 15) is 0 Å². The number of hydrogen-bond donors (Lipinski definition) is 1. The summed E-state index contributed by atoms with van der Waals surface area (Å²) in [6.07, 6.45) is 5.58. The predicted octanol–water partition coefficient (Wildman–Crippen LogP) is 5.55. The number of fused-ring (bicyclic) bond motifs is 4. The molecule has 0 bridgehead atoms. The van der Waals surface area contributed by atoms with Crippen LogP contribution in [0.5, 0.6) is 11.5 Å². The second-order valence-corrected chi connectivity index (χ2v) is 7.20. The van der Waals surface area contributed by atoms with Crippen LogP contribution in [0.25, 0.3) is 0 Å². The Morgan fingerprint density at radius 3 is 2.83 bits per heavy atom. The number of ether oxygens (including phenoxy) is 2. The van der Waals surface area contributed by atoms with Crippen molar-refractivity contribution in [2.45, 2.75) is 18.4 Å². The molecule has 0 spiro atoms. The summed E-state index contributed by atoms with van der Waals surface area (Å²) in [5.41, 5.74) is 3.35. The minimum atomic E-state index is 0.156. The predicted molar refractivity (Wildman–Crippen MR) is 95.4 cm³/mol. The molecule has 122 valence electrons. The van der Waals surface area contributed by atoms with Crippen molar-refractivity contribution in [3.8, 4) is 11.5 Å². The molecule has 3 nitrogen and oxygen atoms in total. The fraction of sp³-hybridized carbons (Fsp3) is 0.263. The Balaban J connectivity index is 1.61. The normalized spacial score (nSPS) is 26.0. The Kier molecular flexibility index (Phi) is 3.22. The van der Waals surface area contributed by atoms with Crippen LogP contribution in [0.1, 0.15) is 29.5 Å². The highest BCUT2D eigenvalue weighted by atomic mass is 35.5. The van der Waals surface area contributed by atoms with E-state index in [1.807, 2.05) is 12.1 Å². The van der Waals surface area contributed by atoms with Gasteiger partial charge in [-0.05, 0) is 41.7 Å². The van der Waals surface area contributed by atoms with Gasteiger partial charge in [-0.15, -0.1) is 0 Å². The van der Waals surface area contributed by atoms with Crippen LogP contribution in [0.2, 0.25) is 10.0 Å². The highest BCUT2D eigenvalue weighted by Crippen LogP contribution is 2.53. The van der Waals surface area contributed by atoms with Crippen LogP contribution in [0.4, 0.5) is 5.69 Å². The summed E-state index contributed by atoms with van der Waals surface area (Å²) in [7, 11) is 0. The maximum atomic E-state index is 6.48. The smallest absolute Gasteiger partial charge is 0.231 e. The van der Waals surface area contributed by atoms with Gasteiger partial charge in [0.2, 0.25) is 6.79 Å². The van der Waals surface area contributed by atoms with Gasteiger partial charge in [0.25, 0.3) is 0 Å². The van der Waals surface area contributed by atoms with Gasteiger partial charge in [0.05, 0.1) is 21.8 Å². The Hall–Kier alpha value is -1.84. The fourth-order valence-corrected chi connectivity index (χ4v) is 4.42. The third kappa shape index (κ3) is 2.04. The van der Waals surface area contributed by atoms with E-state index in [1.54, 1.807) is 0 Å². The number of anilines is 1. The highest BCUT2D eigenvalue weighted by Gasteiger charge is 2.39. The molecule has 3 aliphatic rings. The topological polar surface area (TPSA) is 30.5 Å². The molecular weight excluding hydrogens is 345 g/mol. The zero-order valence-electron chi connectivity index (χ0n) is 12.8. The lowest BCUT2D eigenvalue weighted by Gasteiger charge is -2.38. The highest BCUT2D eigenvalue weighted by molar-refractivity contribution is 6.43. The second kappa shape index (κ2) is 5.33. The van der Waals surface area contributed by atoms with Gasteiger partial charge in [0, 0.05) is 5.92 Å². The van der Waals surface area contributed by atoms with Gasteiger partial charge >= 0.3 is 0 Å². The SMILES string of the molecule is Clc1ccc2c(c1Cl)N[C@H](c1ccc3c(c1)OCO3)[C@@H]1CC=C[C@@H]21. The summed E-state index contributed by atoms with van der Waals surface area (Å²) in [5, 5.41) is 4.80. The zero-order valence-corrected chi connectivity index (χ0v) is 14.3. The average molecular weight is 360 g/mol. The molecule has 0 aromatic heterocycles. The first-order chi connectivity index (χ1) is 11.7. The number of nitrogens with one attached hydrogen (secondary N) is 1. The Bertz CT molecular complexity index is 865. The van der Waals surface area contributed by atoms with Gasteiger partial charge in [-0.1, -0.05) is 47.5 Å². The summed E-state index contributed by atoms with van der Waals surface area (Å²) in [5.74, 6) is 2.42. The summed E-state index contributed by atoms with van der Waals surface area (Å²) < 4.78 is 11.0. The van der Waals surface area contributed by atoms with E-state index in [0.717, 1.165) is 23.6 Å². The molecule has 2 aromatic rings. The maximum Gasteiger partial charge on any atom is 0.231 e. The number of rotatable bonds is 1. The number of hydrogen-bond acceptors (Lipinski definition) is 3. The lowest BCUT2D eigenvalue weighted by atomic mass is 9.77. The van der Waals surface area contributed by atoms with Crippen molar-refractivity contribution in [3.05, 3.63) is 63.7 Å². The molecule has 2 aromatic carbocycles. The van der Waals surface area contributed by atoms with Gasteiger partial charge in [-0.25, -0.2) is 0 Å². The largest absolute Gasteiger partial charge is 0.454 e. The van der Waals surface area contributed by atoms with Crippen molar-refractivity contribution < 1.29 is 9.47 Å². The molecule has 2 aliphatic heterocycles. The molecule has 24 heavy (non-hydrogen) atoms. The van der Waals surface area contributed by atoms with Crippen molar-refractivity contribution in [2.75, 3.05) is 12.1 Å². The standard InChI is InChI=1S/C19H15Cl2NO2/c20-14-6-5-13-11-2-1-3-12(11)18(22-19(13)17(14)21)10-4-7-15-16(8-10)24-9-23-15/h1-2,4-8,11-12,18,22H,3,9H2/t11-,12-,18-/m1/s1. The van der Waals surface area contributed by atoms with Crippen molar-refractivity contribution in [1.29, 1.82) is 0 Å². The van der Waals surface area contributed by atoms with E-state index in [2.05, 4.69) is 35.7 Å². The van der Waals surface area contributed by atoms with Crippen molar-refractivity contribution in [1.82, 2.24) is 0 Å². The molecule has 5 rings (SSSR count). The molecule has 0 fully saturated rings. The monoisotopic (exact) mass is 359 g/mol. The van der Waals surface area contributed by atoms with E-state index in [0.29, 0.717) is 21.9 Å². The lowest BCUT2D eigenvalue weighted by molar-refractivity contribution is 0.174. The quantitative estimate of drug-likeness (QED) is 0.677. The van der Waals surface area contributed by atoms with E-state index in [4.69, 9.17) is 32.7 Å². The summed E-state index contributed by atoms with van der Waals surface area (Å²) >= 11 is 12.7. The first kappa shape index (κ1) is 14.5. The van der Waals surface area contributed by atoms with Crippen molar-refractivity contribution >= 4 is 28.9 Å². The maximum absolute atomic E-state index is 6.48. The summed E-state index contributed by atoms with van der Waals surface area (Å²) in [6, 6.07) is 10.3. The van der Waals surface area contributed by atoms with Crippen molar-refractivity contribution in [3.63, 3.8) is 0 Å². The molecule has 5 heteroatoms. The van der Waals surface area contributed by atoms with E-state index < -0.39 is 0 Å². The molecule has 0 amide bonds. The van der Waals surface area contributed by atoms with Crippen LogP contribution < -0.4 is 14.8 Å². The van der Waals surface area contributed by atoms with Crippen LogP contribution in [0, 0.1) is 5.92 Å². The number of halogens is 2. The van der Waals surface area contributed by atoms with Crippen LogP contribution in [-0.2, 0) is 0 Å². The molecule has 3 atom stereocenters.